The van der Waals surface area contributed by atoms with Crippen LogP contribution in [0.3, 0.4) is 0 Å². The van der Waals surface area contributed by atoms with Gasteiger partial charge in [0.15, 0.2) is 0 Å². The van der Waals surface area contributed by atoms with E-state index in [-0.39, 0.29) is 17.4 Å². The predicted octanol–water partition coefficient (Wildman–Crippen LogP) is 4.13. The quantitative estimate of drug-likeness (QED) is 0.758. The Kier molecular flexibility index (Phi) is 5.66. The lowest BCUT2D eigenvalue weighted by atomic mass is 10.1. The van der Waals surface area contributed by atoms with Crippen LogP contribution in [0.4, 0.5) is 13.2 Å². The molecule has 0 N–H and O–H groups in total. The molecule has 4 nitrogen and oxygen atoms in total. The molecule has 0 aromatic heterocycles. The maximum absolute atomic E-state index is 13.0. The van der Waals surface area contributed by atoms with Crippen LogP contribution in [-0.2, 0) is 10.9 Å². The summed E-state index contributed by atoms with van der Waals surface area (Å²) in [4.78, 5) is 14.5. The van der Waals surface area contributed by atoms with Gasteiger partial charge >= 0.3 is 12.1 Å². The van der Waals surface area contributed by atoms with Gasteiger partial charge in [-0.2, -0.15) is 13.2 Å². The fourth-order valence-electron chi connectivity index (χ4n) is 2.70. The largest absolute Gasteiger partial charge is 0.491 e. The number of rotatable bonds is 4. The van der Waals surface area contributed by atoms with Crippen LogP contribution in [0.25, 0.3) is 0 Å². The molecule has 0 spiro atoms. The number of carbonyl (C=O) groups is 1. The van der Waals surface area contributed by atoms with Gasteiger partial charge in [0.1, 0.15) is 23.5 Å². The van der Waals surface area contributed by atoms with Gasteiger partial charge in [0.05, 0.1) is 5.56 Å². The first-order chi connectivity index (χ1) is 11.5. The fraction of sp³-hybridized carbons (Fsp3) is 0.611. The van der Waals surface area contributed by atoms with E-state index in [1.807, 2.05) is 7.05 Å². The number of alkyl halides is 3. The van der Waals surface area contributed by atoms with E-state index in [1.165, 1.54) is 6.07 Å². The zero-order valence-electron chi connectivity index (χ0n) is 14.9. The lowest BCUT2D eigenvalue weighted by Crippen LogP contribution is -2.31. The summed E-state index contributed by atoms with van der Waals surface area (Å²) in [6, 6.07) is 3.09. The number of carbonyl (C=O) groups excluding carboxylic acids is 1. The minimum absolute atomic E-state index is 0.113. The number of benzene rings is 1. The number of hydrogen-bond donors (Lipinski definition) is 0. The fourth-order valence-corrected chi connectivity index (χ4v) is 2.70. The summed E-state index contributed by atoms with van der Waals surface area (Å²) < 4.78 is 49.9. The molecule has 7 heteroatoms. The minimum atomic E-state index is -4.54. The van der Waals surface area contributed by atoms with Crippen LogP contribution in [0.1, 0.15) is 49.5 Å². The summed E-state index contributed by atoms with van der Waals surface area (Å²) in [5.41, 5.74) is -1.92. The van der Waals surface area contributed by atoms with Crippen molar-refractivity contribution in [1.82, 2.24) is 4.90 Å². The summed E-state index contributed by atoms with van der Waals surface area (Å²) >= 11 is 0. The molecule has 1 aromatic rings. The van der Waals surface area contributed by atoms with Crippen LogP contribution in [0, 0.1) is 0 Å². The molecule has 140 valence electrons. The zero-order chi connectivity index (χ0) is 18.8. The Morgan fingerprint density at radius 2 is 1.96 bits per heavy atom. The first-order valence-electron chi connectivity index (χ1n) is 8.25. The number of hydrogen-bond acceptors (Lipinski definition) is 4. The van der Waals surface area contributed by atoms with Gasteiger partial charge in [0.2, 0.25) is 0 Å². The van der Waals surface area contributed by atoms with Crippen molar-refractivity contribution >= 4 is 5.97 Å². The Morgan fingerprint density at radius 3 is 2.48 bits per heavy atom. The van der Waals surface area contributed by atoms with Crippen molar-refractivity contribution in [3.05, 3.63) is 29.3 Å². The second-order valence-corrected chi connectivity index (χ2v) is 7.30. The highest BCUT2D eigenvalue weighted by Crippen LogP contribution is 2.33. The summed E-state index contributed by atoms with van der Waals surface area (Å²) in [5, 5.41) is 0. The van der Waals surface area contributed by atoms with Crippen LogP contribution in [0.2, 0.25) is 0 Å². The number of likely N-dealkylation sites (N-methyl/N-ethyl adjacent to an activating group) is 1. The molecule has 0 saturated carbocycles. The van der Waals surface area contributed by atoms with E-state index in [9.17, 15) is 18.0 Å². The monoisotopic (exact) mass is 359 g/mol. The van der Waals surface area contributed by atoms with Gasteiger partial charge in [-0.1, -0.05) is 0 Å². The summed E-state index contributed by atoms with van der Waals surface area (Å²) in [6.45, 7) is 6.25. The molecule has 2 rings (SSSR count). The van der Waals surface area contributed by atoms with Gasteiger partial charge in [-0.05, 0) is 65.4 Å². The van der Waals surface area contributed by atoms with Crippen molar-refractivity contribution in [3.63, 3.8) is 0 Å². The average molecular weight is 359 g/mol. The van der Waals surface area contributed by atoms with Gasteiger partial charge < -0.3 is 14.4 Å². The minimum Gasteiger partial charge on any atom is -0.491 e. The molecule has 1 heterocycles. The predicted molar refractivity (Wildman–Crippen MR) is 87.8 cm³/mol. The van der Waals surface area contributed by atoms with E-state index >= 15 is 0 Å². The van der Waals surface area contributed by atoms with E-state index in [0.717, 1.165) is 31.5 Å². The highest BCUT2D eigenvalue weighted by Gasteiger charge is 2.33. The van der Waals surface area contributed by atoms with Gasteiger partial charge in [-0.3, -0.25) is 0 Å². The van der Waals surface area contributed by atoms with Crippen LogP contribution in [0.5, 0.6) is 5.75 Å². The Bertz CT molecular complexity index is 623. The Morgan fingerprint density at radius 1 is 1.28 bits per heavy atom. The molecule has 0 unspecified atom stereocenters. The molecule has 1 aliphatic heterocycles. The molecule has 1 aromatic carbocycles. The molecule has 0 bridgehead atoms. The van der Waals surface area contributed by atoms with Gasteiger partial charge in [0.25, 0.3) is 0 Å². The number of halogens is 3. The van der Waals surface area contributed by atoms with E-state index in [1.54, 1.807) is 20.8 Å². The summed E-state index contributed by atoms with van der Waals surface area (Å²) in [7, 11) is 1.97. The maximum Gasteiger partial charge on any atom is 0.416 e. The second kappa shape index (κ2) is 7.23. The van der Waals surface area contributed by atoms with Gasteiger partial charge in [-0.25, -0.2) is 4.79 Å². The van der Waals surface area contributed by atoms with Gasteiger partial charge in [0, 0.05) is 6.04 Å². The molecule has 1 fully saturated rings. The first-order valence-corrected chi connectivity index (χ1v) is 8.25. The average Bonchev–Trinajstić information content (AvgIpc) is 2.87. The van der Waals surface area contributed by atoms with Crippen molar-refractivity contribution in [2.75, 3.05) is 20.2 Å². The van der Waals surface area contributed by atoms with Crippen LogP contribution >= 0.6 is 0 Å². The lowest BCUT2D eigenvalue weighted by molar-refractivity contribution is -0.137. The standard InChI is InChI=1S/C18H24F3NO3/c1-17(2,3)25-16(23)14-10-12(18(19,20)21)7-8-15(14)24-11-13-6-5-9-22(13)4/h7-8,10,13H,5-6,9,11H2,1-4H3/t13-/m0/s1. The highest BCUT2D eigenvalue weighted by atomic mass is 19.4. The Labute approximate surface area is 145 Å². The Hall–Kier alpha value is -1.76. The smallest absolute Gasteiger partial charge is 0.416 e. The summed E-state index contributed by atoms with van der Waals surface area (Å²) in [6.07, 6.45) is -2.53. The topological polar surface area (TPSA) is 38.8 Å². The third-order valence-corrected chi connectivity index (χ3v) is 4.03. The summed E-state index contributed by atoms with van der Waals surface area (Å²) in [5.74, 6) is -0.712. The third kappa shape index (κ3) is 5.36. The van der Waals surface area contributed by atoms with E-state index in [2.05, 4.69) is 4.90 Å². The first kappa shape index (κ1) is 19.6. The molecular weight excluding hydrogens is 335 g/mol. The molecule has 1 aliphatic rings. The number of esters is 1. The van der Waals surface area contributed by atoms with Crippen LogP contribution < -0.4 is 4.74 Å². The second-order valence-electron chi connectivity index (χ2n) is 7.30. The number of nitrogens with zero attached hydrogens (tertiary/aromatic N) is 1. The third-order valence-electron chi connectivity index (χ3n) is 4.03. The molecule has 1 atom stereocenters. The lowest BCUT2D eigenvalue weighted by Gasteiger charge is -2.23. The van der Waals surface area contributed by atoms with Gasteiger partial charge in [-0.15, -0.1) is 0 Å². The van der Waals surface area contributed by atoms with Crippen molar-refractivity contribution in [2.24, 2.45) is 0 Å². The molecule has 0 amide bonds. The highest BCUT2D eigenvalue weighted by molar-refractivity contribution is 5.93. The van der Waals surface area contributed by atoms with Crippen LogP contribution in [-0.4, -0.2) is 42.7 Å². The van der Waals surface area contributed by atoms with Crippen molar-refractivity contribution < 1.29 is 27.4 Å². The van der Waals surface area contributed by atoms with Crippen molar-refractivity contribution in [1.29, 1.82) is 0 Å². The van der Waals surface area contributed by atoms with Crippen molar-refractivity contribution in [2.45, 2.75) is 51.4 Å². The molecule has 25 heavy (non-hydrogen) atoms. The van der Waals surface area contributed by atoms with Crippen molar-refractivity contribution in [3.8, 4) is 5.75 Å². The number of ether oxygens (including phenoxy) is 2. The normalized spacial score (nSPS) is 19.1. The van der Waals surface area contributed by atoms with Crippen LogP contribution in [0.15, 0.2) is 18.2 Å². The molecule has 1 saturated heterocycles. The van der Waals surface area contributed by atoms with E-state index < -0.39 is 23.3 Å². The molecule has 0 radical (unpaired) electrons. The molecular formula is C18H24F3NO3. The van der Waals surface area contributed by atoms with E-state index in [0.29, 0.717) is 6.61 Å². The zero-order valence-corrected chi connectivity index (χ0v) is 14.9. The number of likely N-dealkylation sites (tertiary alicyclic amines) is 1. The Balaban J connectivity index is 2.25. The maximum atomic E-state index is 13.0. The molecule has 0 aliphatic carbocycles. The van der Waals surface area contributed by atoms with E-state index in [4.69, 9.17) is 9.47 Å². The SMILES string of the molecule is CN1CCC[C@H]1COc1ccc(C(F)(F)F)cc1C(=O)OC(C)(C)C.